The van der Waals surface area contributed by atoms with E-state index in [9.17, 15) is 39.3 Å². The second-order valence-corrected chi connectivity index (χ2v) is 12.9. The lowest BCUT2D eigenvalue weighted by Crippen LogP contribution is -2.74. The van der Waals surface area contributed by atoms with E-state index in [-0.39, 0.29) is 49.3 Å². The molecule has 0 saturated heterocycles. The summed E-state index contributed by atoms with van der Waals surface area (Å²) in [4.78, 5) is 66.6. The van der Waals surface area contributed by atoms with Crippen LogP contribution in [0.25, 0.3) is 0 Å². The van der Waals surface area contributed by atoms with Gasteiger partial charge in [-0.3, -0.25) is 24.0 Å². The van der Waals surface area contributed by atoms with E-state index in [4.69, 9.17) is 4.74 Å². The average molecular weight is 557 g/mol. The van der Waals surface area contributed by atoms with Crippen LogP contribution < -0.4 is 0 Å². The number of esters is 1. The number of phenolic OH excluding ortho intramolecular Hbond substituents is 1. The van der Waals surface area contributed by atoms with E-state index in [0.717, 1.165) is 18.9 Å². The third-order valence-electron chi connectivity index (χ3n) is 9.43. The summed E-state index contributed by atoms with van der Waals surface area (Å²) in [5.41, 5.74) is -3.60. The monoisotopic (exact) mass is 556 g/mol. The molecule has 9 heteroatoms. The summed E-state index contributed by atoms with van der Waals surface area (Å²) in [6, 6.07) is 1.71. The Morgan fingerprint density at radius 3 is 2.38 bits per heavy atom. The summed E-state index contributed by atoms with van der Waals surface area (Å²) in [6.45, 7) is 10.5. The summed E-state index contributed by atoms with van der Waals surface area (Å²) in [5.74, 6) is -7.53. The second kappa shape index (κ2) is 10.2. The molecule has 1 aromatic rings. The van der Waals surface area contributed by atoms with Gasteiger partial charge in [0, 0.05) is 11.0 Å². The van der Waals surface area contributed by atoms with Gasteiger partial charge in [-0.15, -0.1) is 0 Å². The van der Waals surface area contributed by atoms with Gasteiger partial charge in [-0.05, 0) is 55.1 Å². The van der Waals surface area contributed by atoms with Gasteiger partial charge in [-0.1, -0.05) is 47.1 Å². The highest BCUT2D eigenvalue weighted by atomic mass is 16.5. The van der Waals surface area contributed by atoms with Gasteiger partial charge in [0.25, 0.3) is 0 Å². The van der Waals surface area contributed by atoms with Crippen LogP contribution in [0.3, 0.4) is 0 Å². The summed E-state index contributed by atoms with van der Waals surface area (Å²) in [7, 11) is 0. The van der Waals surface area contributed by atoms with Crippen molar-refractivity contribution in [3.63, 3.8) is 0 Å². The molecule has 40 heavy (non-hydrogen) atoms. The maximum absolute atomic E-state index is 14.2. The van der Waals surface area contributed by atoms with Crippen molar-refractivity contribution in [3.8, 4) is 5.75 Å². The number of hydrogen-bond donors (Lipinski definition) is 3. The van der Waals surface area contributed by atoms with Crippen LogP contribution in [0.1, 0.15) is 100 Å². The fourth-order valence-corrected chi connectivity index (χ4v) is 7.60. The minimum atomic E-state index is -2.64. The molecule has 0 bridgehead atoms. The van der Waals surface area contributed by atoms with E-state index in [1.165, 1.54) is 0 Å². The molecule has 3 aliphatic carbocycles. The molecule has 6 atom stereocenters. The Kier molecular flexibility index (Phi) is 7.65. The number of benzene rings is 1. The molecule has 9 nitrogen and oxygen atoms in total. The third kappa shape index (κ3) is 4.33. The number of Topliss-reactive ketones (excluding diaryl/α,β-unsaturated/α-hetero) is 4. The van der Waals surface area contributed by atoms with E-state index in [0.29, 0.717) is 12.0 Å². The second-order valence-electron chi connectivity index (χ2n) is 12.9. The topological polar surface area (TPSA) is 155 Å². The lowest BCUT2D eigenvalue weighted by atomic mass is 9.43. The van der Waals surface area contributed by atoms with E-state index in [2.05, 4.69) is 0 Å². The number of phenols is 1. The van der Waals surface area contributed by atoms with Crippen LogP contribution >= 0.6 is 0 Å². The number of carbonyl (C=O) groups excluding carboxylic acids is 5. The summed E-state index contributed by atoms with van der Waals surface area (Å²) < 4.78 is 5.26. The van der Waals surface area contributed by atoms with Gasteiger partial charge in [0.2, 0.25) is 0 Å². The average Bonchev–Trinajstić information content (AvgIpc) is 2.82. The van der Waals surface area contributed by atoms with Crippen molar-refractivity contribution in [3.05, 3.63) is 28.3 Å². The molecule has 3 N–H and O–H groups in total. The number of ether oxygens (including phenoxy) is 1. The summed E-state index contributed by atoms with van der Waals surface area (Å²) in [5, 5.41) is 33.8. The van der Waals surface area contributed by atoms with Gasteiger partial charge in [0.05, 0.1) is 30.6 Å². The molecule has 3 aliphatic rings. The van der Waals surface area contributed by atoms with Gasteiger partial charge in [-0.25, -0.2) is 0 Å². The van der Waals surface area contributed by atoms with E-state index in [1.54, 1.807) is 19.9 Å². The van der Waals surface area contributed by atoms with Crippen LogP contribution in [-0.2, 0) is 36.8 Å². The molecule has 0 heterocycles. The van der Waals surface area contributed by atoms with Crippen molar-refractivity contribution in [2.75, 3.05) is 6.61 Å². The van der Waals surface area contributed by atoms with Gasteiger partial charge < -0.3 is 20.1 Å². The number of aromatic hydroxyl groups is 1. The van der Waals surface area contributed by atoms with Crippen molar-refractivity contribution in [2.45, 2.75) is 97.7 Å². The molecular formula is C31H40O9. The quantitative estimate of drug-likeness (QED) is 0.261. The van der Waals surface area contributed by atoms with Crippen LogP contribution in [0, 0.1) is 22.7 Å². The maximum Gasteiger partial charge on any atom is 0.310 e. The number of aliphatic hydroxyl groups is 2. The Labute approximate surface area is 234 Å². The standard InChI is InChI=1S/C31H40O9/c1-7-8-9-40-21(34)11-17-10-18(15(2)3)19-12-29(5)14-30(6)13-20(33)22(16(4)32)27(37)31(30,39)28(38)24(29)26(36)23(19)25(17)35/h10,15,20,22,24,33,35,39H,7-9,11-14H2,1-6H3. The zero-order chi connectivity index (χ0) is 29.9. The first-order valence-corrected chi connectivity index (χ1v) is 14.1. The van der Waals surface area contributed by atoms with Crippen LogP contribution in [0.2, 0.25) is 0 Å². The highest BCUT2D eigenvalue weighted by Gasteiger charge is 2.73. The smallest absolute Gasteiger partial charge is 0.310 e. The minimum absolute atomic E-state index is 0.0648. The Morgan fingerprint density at radius 2 is 1.80 bits per heavy atom. The number of hydrogen-bond acceptors (Lipinski definition) is 9. The van der Waals surface area contributed by atoms with Gasteiger partial charge in [-0.2, -0.15) is 0 Å². The minimum Gasteiger partial charge on any atom is -0.507 e. The molecule has 0 spiro atoms. The van der Waals surface area contributed by atoms with Crippen molar-refractivity contribution in [2.24, 2.45) is 22.7 Å². The molecule has 0 amide bonds. The van der Waals surface area contributed by atoms with Crippen LogP contribution in [0.4, 0.5) is 0 Å². The third-order valence-corrected chi connectivity index (χ3v) is 9.43. The predicted molar refractivity (Wildman–Crippen MR) is 144 cm³/mol. The van der Waals surface area contributed by atoms with Crippen LogP contribution in [0.15, 0.2) is 6.07 Å². The summed E-state index contributed by atoms with van der Waals surface area (Å²) in [6.07, 6.45) is 0.0403. The molecule has 4 rings (SSSR count). The molecule has 6 unspecified atom stereocenters. The van der Waals surface area contributed by atoms with E-state index >= 15 is 0 Å². The lowest BCUT2D eigenvalue weighted by Gasteiger charge is -2.60. The number of unbranched alkanes of at least 4 members (excludes halogenated alkanes) is 1. The molecule has 0 aliphatic heterocycles. The van der Waals surface area contributed by atoms with Gasteiger partial charge >= 0.3 is 5.97 Å². The van der Waals surface area contributed by atoms with Crippen molar-refractivity contribution >= 4 is 29.1 Å². The highest BCUT2D eigenvalue weighted by Crippen LogP contribution is 2.62. The Bertz CT molecular complexity index is 1300. The first kappa shape index (κ1) is 30.1. The molecule has 2 saturated carbocycles. The number of aliphatic hydroxyl groups excluding tert-OH is 1. The number of rotatable bonds is 7. The normalized spacial score (nSPS) is 33.3. The largest absolute Gasteiger partial charge is 0.507 e. The summed E-state index contributed by atoms with van der Waals surface area (Å²) >= 11 is 0. The SMILES string of the molecule is CCCCOC(=O)Cc1cc(C(C)C)c2c(c1O)C(=O)C1C(=O)C3(O)C(=O)C(C(C)=O)C(O)CC3(C)CC1(C)C2. The van der Waals surface area contributed by atoms with Gasteiger partial charge in [0.15, 0.2) is 23.0 Å². The zero-order valence-corrected chi connectivity index (χ0v) is 24.1. The Morgan fingerprint density at radius 1 is 1.15 bits per heavy atom. The van der Waals surface area contributed by atoms with E-state index < -0.39 is 69.2 Å². The molecule has 218 valence electrons. The van der Waals surface area contributed by atoms with Gasteiger partial charge in [0.1, 0.15) is 17.5 Å². The first-order chi connectivity index (χ1) is 18.5. The molecule has 2 fully saturated rings. The van der Waals surface area contributed by atoms with Crippen molar-refractivity contribution < 1.29 is 44.0 Å². The first-order valence-electron chi connectivity index (χ1n) is 14.1. The zero-order valence-electron chi connectivity index (χ0n) is 24.1. The number of carbonyl (C=O) groups is 5. The molecule has 0 aromatic heterocycles. The fourth-order valence-electron chi connectivity index (χ4n) is 7.60. The molecule has 1 aromatic carbocycles. The molecular weight excluding hydrogens is 516 g/mol. The Balaban J connectivity index is 1.84. The fraction of sp³-hybridized carbons (Fsp3) is 0.645. The van der Waals surface area contributed by atoms with Crippen LogP contribution in [-0.4, -0.2) is 62.7 Å². The predicted octanol–water partition coefficient (Wildman–Crippen LogP) is 3.01. The van der Waals surface area contributed by atoms with Crippen molar-refractivity contribution in [1.82, 2.24) is 0 Å². The highest BCUT2D eigenvalue weighted by molar-refractivity contribution is 6.26. The van der Waals surface area contributed by atoms with Crippen LogP contribution in [0.5, 0.6) is 5.75 Å². The lowest BCUT2D eigenvalue weighted by molar-refractivity contribution is -0.202. The van der Waals surface area contributed by atoms with Crippen molar-refractivity contribution in [1.29, 1.82) is 0 Å². The number of fused-ring (bicyclic) bond motifs is 3. The Hall–Kier alpha value is -2.91. The molecule has 0 radical (unpaired) electrons. The maximum atomic E-state index is 14.2. The van der Waals surface area contributed by atoms with E-state index in [1.807, 2.05) is 20.8 Å². The number of ketones is 4.